The molecule has 21 heavy (non-hydrogen) atoms. The lowest BCUT2D eigenvalue weighted by molar-refractivity contribution is 0.620. The highest BCUT2D eigenvalue weighted by molar-refractivity contribution is 5.84. The lowest BCUT2D eigenvalue weighted by Crippen LogP contribution is -2.05. The molecule has 0 saturated carbocycles. The van der Waals surface area contributed by atoms with Crippen LogP contribution in [-0.4, -0.2) is 9.55 Å². The van der Waals surface area contributed by atoms with E-state index >= 15 is 0 Å². The number of halogens is 1. The average molecular weight is 283 g/mol. The topological polar surface area (TPSA) is 43.8 Å². The fourth-order valence-electron chi connectivity index (χ4n) is 2.65. The van der Waals surface area contributed by atoms with Crippen LogP contribution in [0.25, 0.3) is 22.4 Å². The molecule has 2 aromatic carbocycles. The molecule has 108 valence electrons. The fourth-order valence-corrected chi connectivity index (χ4v) is 2.65. The third-order valence-corrected chi connectivity index (χ3v) is 3.66. The highest BCUT2D eigenvalue weighted by Crippen LogP contribution is 2.32. The van der Waals surface area contributed by atoms with Gasteiger partial charge in [0.05, 0.1) is 16.7 Å². The zero-order valence-corrected chi connectivity index (χ0v) is 12.4. The predicted molar refractivity (Wildman–Crippen MR) is 84.7 cm³/mol. The zero-order valence-electron chi connectivity index (χ0n) is 12.4. The summed E-state index contributed by atoms with van der Waals surface area (Å²) >= 11 is 0. The Labute approximate surface area is 123 Å². The number of nitrogens with zero attached hydrogens (tertiary/aromatic N) is 2. The first-order valence-electron chi connectivity index (χ1n) is 7.02. The molecule has 0 unspecified atom stereocenters. The Balaban J connectivity index is 2.36. The maximum absolute atomic E-state index is 13.8. The van der Waals surface area contributed by atoms with Gasteiger partial charge in [0.25, 0.3) is 0 Å². The fraction of sp³-hybridized carbons (Fsp3) is 0.235. The summed E-state index contributed by atoms with van der Waals surface area (Å²) in [5.41, 5.74) is 9.78. The lowest BCUT2D eigenvalue weighted by atomic mass is 10.1. The summed E-state index contributed by atoms with van der Waals surface area (Å²) in [7, 11) is 0. The van der Waals surface area contributed by atoms with Gasteiger partial charge in [-0.2, -0.15) is 0 Å². The minimum absolute atomic E-state index is 0.145. The molecule has 4 heteroatoms. The second kappa shape index (κ2) is 4.88. The molecule has 0 spiro atoms. The van der Waals surface area contributed by atoms with Crippen molar-refractivity contribution in [3.8, 4) is 11.4 Å². The molecule has 0 bridgehead atoms. The Hall–Kier alpha value is -2.36. The molecular weight excluding hydrogens is 265 g/mol. The van der Waals surface area contributed by atoms with Crippen molar-refractivity contribution in [3.63, 3.8) is 0 Å². The van der Waals surface area contributed by atoms with Gasteiger partial charge in [0.1, 0.15) is 11.6 Å². The summed E-state index contributed by atoms with van der Waals surface area (Å²) in [6.07, 6.45) is 0. The number of nitrogen functional groups attached to an aromatic ring is 1. The Morgan fingerprint density at radius 1 is 1.19 bits per heavy atom. The average Bonchev–Trinajstić information content (AvgIpc) is 2.80. The van der Waals surface area contributed by atoms with E-state index in [0.29, 0.717) is 11.4 Å². The zero-order chi connectivity index (χ0) is 15.1. The van der Waals surface area contributed by atoms with Gasteiger partial charge >= 0.3 is 0 Å². The van der Waals surface area contributed by atoms with E-state index in [4.69, 9.17) is 5.73 Å². The SMILES string of the molecule is Cc1ccc2c(c1)nc(-c1cccc(F)c1N)n2C(C)C. The van der Waals surface area contributed by atoms with Crippen LogP contribution in [0.4, 0.5) is 10.1 Å². The maximum atomic E-state index is 13.8. The molecule has 0 amide bonds. The largest absolute Gasteiger partial charge is 0.396 e. The number of benzene rings is 2. The molecule has 0 aliphatic rings. The van der Waals surface area contributed by atoms with E-state index in [9.17, 15) is 4.39 Å². The maximum Gasteiger partial charge on any atom is 0.146 e. The quantitative estimate of drug-likeness (QED) is 0.712. The second-order valence-corrected chi connectivity index (χ2v) is 5.59. The monoisotopic (exact) mass is 283 g/mol. The minimum atomic E-state index is -0.411. The number of nitrogens with two attached hydrogens (primary N) is 1. The summed E-state index contributed by atoms with van der Waals surface area (Å²) in [6.45, 7) is 6.20. The van der Waals surface area contributed by atoms with Crippen LogP contribution < -0.4 is 5.73 Å². The van der Waals surface area contributed by atoms with E-state index in [2.05, 4.69) is 35.5 Å². The number of aromatic nitrogens is 2. The van der Waals surface area contributed by atoms with Gasteiger partial charge < -0.3 is 10.3 Å². The van der Waals surface area contributed by atoms with Crippen molar-refractivity contribution >= 4 is 16.7 Å². The highest BCUT2D eigenvalue weighted by atomic mass is 19.1. The van der Waals surface area contributed by atoms with Gasteiger partial charge in [0.15, 0.2) is 0 Å². The van der Waals surface area contributed by atoms with Crippen LogP contribution in [0.5, 0.6) is 0 Å². The molecule has 0 saturated heterocycles. The van der Waals surface area contributed by atoms with Gasteiger partial charge in [-0.1, -0.05) is 12.1 Å². The number of hydrogen-bond acceptors (Lipinski definition) is 2. The van der Waals surface area contributed by atoms with Crippen LogP contribution in [0.15, 0.2) is 36.4 Å². The Morgan fingerprint density at radius 3 is 2.67 bits per heavy atom. The van der Waals surface area contributed by atoms with Gasteiger partial charge in [-0.3, -0.25) is 0 Å². The first-order valence-corrected chi connectivity index (χ1v) is 7.02. The van der Waals surface area contributed by atoms with Crippen molar-refractivity contribution in [2.45, 2.75) is 26.8 Å². The van der Waals surface area contributed by atoms with E-state index in [1.54, 1.807) is 6.07 Å². The molecule has 0 fully saturated rings. The van der Waals surface area contributed by atoms with Crippen molar-refractivity contribution in [1.29, 1.82) is 0 Å². The van der Waals surface area contributed by atoms with Crippen molar-refractivity contribution in [2.24, 2.45) is 0 Å². The molecule has 0 atom stereocenters. The van der Waals surface area contributed by atoms with Gasteiger partial charge in [-0.15, -0.1) is 0 Å². The lowest BCUT2D eigenvalue weighted by Gasteiger charge is -2.14. The number of anilines is 1. The van der Waals surface area contributed by atoms with Crippen LogP contribution in [-0.2, 0) is 0 Å². The number of hydrogen-bond donors (Lipinski definition) is 1. The van der Waals surface area contributed by atoms with E-state index < -0.39 is 5.82 Å². The van der Waals surface area contributed by atoms with Crippen LogP contribution in [0.1, 0.15) is 25.5 Å². The van der Waals surface area contributed by atoms with Crippen molar-refractivity contribution in [1.82, 2.24) is 9.55 Å². The molecule has 0 aliphatic carbocycles. The molecule has 3 rings (SSSR count). The number of fused-ring (bicyclic) bond motifs is 1. The number of rotatable bonds is 2. The third-order valence-electron chi connectivity index (χ3n) is 3.66. The second-order valence-electron chi connectivity index (χ2n) is 5.59. The summed E-state index contributed by atoms with van der Waals surface area (Å²) in [5.74, 6) is 0.300. The molecular formula is C17H18FN3. The Bertz CT molecular complexity index is 818. The van der Waals surface area contributed by atoms with E-state index in [0.717, 1.165) is 16.6 Å². The normalized spacial score (nSPS) is 11.5. The third kappa shape index (κ3) is 2.17. The Morgan fingerprint density at radius 2 is 1.95 bits per heavy atom. The van der Waals surface area contributed by atoms with Crippen molar-refractivity contribution in [3.05, 3.63) is 47.8 Å². The van der Waals surface area contributed by atoms with Crippen molar-refractivity contribution < 1.29 is 4.39 Å². The molecule has 0 aliphatic heterocycles. The first kappa shape index (κ1) is 13.6. The molecule has 3 nitrogen and oxygen atoms in total. The molecule has 1 heterocycles. The summed E-state index contributed by atoms with van der Waals surface area (Å²) in [6, 6.07) is 11.2. The van der Waals surface area contributed by atoms with Gasteiger partial charge in [0, 0.05) is 11.6 Å². The standard InChI is InChI=1S/C17H18FN3/c1-10(2)21-15-8-7-11(3)9-14(15)20-17(21)12-5-4-6-13(18)16(12)19/h4-10H,19H2,1-3H3. The molecule has 1 aromatic heterocycles. The van der Waals surface area contributed by atoms with Gasteiger partial charge in [-0.05, 0) is 50.6 Å². The minimum Gasteiger partial charge on any atom is -0.396 e. The number of para-hydroxylation sites is 1. The van der Waals surface area contributed by atoms with Crippen LogP contribution in [0, 0.1) is 12.7 Å². The van der Waals surface area contributed by atoms with E-state index in [-0.39, 0.29) is 11.7 Å². The summed E-state index contributed by atoms with van der Waals surface area (Å²) in [5, 5.41) is 0. The van der Waals surface area contributed by atoms with E-state index in [1.165, 1.54) is 6.07 Å². The Kier molecular flexibility index (Phi) is 3.16. The van der Waals surface area contributed by atoms with Crippen LogP contribution in [0.2, 0.25) is 0 Å². The van der Waals surface area contributed by atoms with Crippen LogP contribution >= 0.6 is 0 Å². The van der Waals surface area contributed by atoms with Gasteiger partial charge in [0.2, 0.25) is 0 Å². The smallest absolute Gasteiger partial charge is 0.146 e. The molecule has 3 aromatic rings. The molecule has 0 radical (unpaired) electrons. The number of aryl methyl sites for hydroxylation is 1. The predicted octanol–water partition coefficient (Wildman–Crippen LogP) is 4.31. The summed E-state index contributed by atoms with van der Waals surface area (Å²) < 4.78 is 15.9. The van der Waals surface area contributed by atoms with Gasteiger partial charge in [-0.25, -0.2) is 9.37 Å². The molecule has 2 N–H and O–H groups in total. The summed E-state index contributed by atoms with van der Waals surface area (Å²) in [4.78, 5) is 4.68. The first-order chi connectivity index (χ1) is 9.99. The van der Waals surface area contributed by atoms with E-state index in [1.807, 2.05) is 19.1 Å². The number of imidazole rings is 1. The van der Waals surface area contributed by atoms with Crippen LogP contribution in [0.3, 0.4) is 0 Å². The highest BCUT2D eigenvalue weighted by Gasteiger charge is 2.18. The van der Waals surface area contributed by atoms with Crippen molar-refractivity contribution in [2.75, 3.05) is 5.73 Å².